The molecule has 1 aliphatic heterocycles. The zero-order valence-electron chi connectivity index (χ0n) is 11.6. The van der Waals surface area contributed by atoms with Crippen LogP contribution in [0.25, 0.3) is 10.7 Å². The lowest BCUT2D eigenvalue weighted by Crippen LogP contribution is -2.26. The average molecular weight is 339 g/mol. The third-order valence-electron chi connectivity index (χ3n) is 3.00. The van der Waals surface area contributed by atoms with Gasteiger partial charge in [0, 0.05) is 18.8 Å². The van der Waals surface area contributed by atoms with E-state index in [9.17, 15) is 9.59 Å². The van der Waals surface area contributed by atoms with Crippen molar-refractivity contribution in [2.24, 2.45) is 0 Å². The van der Waals surface area contributed by atoms with E-state index in [4.69, 9.17) is 9.26 Å². The Hall–Kier alpha value is -1.87. The van der Waals surface area contributed by atoms with Crippen molar-refractivity contribution in [3.8, 4) is 10.7 Å². The van der Waals surface area contributed by atoms with Crippen molar-refractivity contribution in [3.05, 3.63) is 23.4 Å². The maximum atomic E-state index is 11.7. The van der Waals surface area contributed by atoms with E-state index >= 15 is 0 Å². The Balaban J connectivity index is 1.44. The van der Waals surface area contributed by atoms with E-state index in [-0.39, 0.29) is 30.1 Å². The molecule has 1 amide bonds. The van der Waals surface area contributed by atoms with E-state index < -0.39 is 0 Å². The summed E-state index contributed by atoms with van der Waals surface area (Å²) >= 11 is 2.78. The van der Waals surface area contributed by atoms with Crippen LogP contribution in [-0.4, -0.2) is 45.1 Å². The molecule has 7 nitrogen and oxygen atoms in total. The molecule has 9 heteroatoms. The molecular formula is C13H13N3O4S2. The first-order chi connectivity index (χ1) is 10.7. The van der Waals surface area contributed by atoms with Gasteiger partial charge in [0.15, 0.2) is 6.61 Å². The second-order valence-corrected chi connectivity index (χ2v) is 6.49. The van der Waals surface area contributed by atoms with Gasteiger partial charge in [0.1, 0.15) is 0 Å². The van der Waals surface area contributed by atoms with Crippen molar-refractivity contribution in [1.29, 1.82) is 0 Å². The second kappa shape index (κ2) is 6.93. The highest BCUT2D eigenvalue weighted by molar-refractivity contribution is 8.13. The summed E-state index contributed by atoms with van der Waals surface area (Å²) in [5, 5.41) is 5.77. The molecule has 0 N–H and O–H groups in total. The molecule has 0 radical (unpaired) electrons. The molecule has 0 saturated carbocycles. The minimum Gasteiger partial charge on any atom is -0.456 e. The van der Waals surface area contributed by atoms with E-state index in [0.29, 0.717) is 18.9 Å². The van der Waals surface area contributed by atoms with Crippen molar-refractivity contribution in [2.75, 3.05) is 18.8 Å². The SMILES string of the molecule is O=C(CCN1CCSC1=O)OCc1nc(-c2cccs2)no1. The second-order valence-electron chi connectivity index (χ2n) is 4.50. The molecule has 0 atom stereocenters. The molecule has 22 heavy (non-hydrogen) atoms. The third-order valence-corrected chi connectivity index (χ3v) is 4.75. The van der Waals surface area contributed by atoms with Gasteiger partial charge in [-0.3, -0.25) is 9.59 Å². The zero-order valence-corrected chi connectivity index (χ0v) is 13.2. The number of thioether (sulfide) groups is 1. The molecule has 2 aromatic rings. The van der Waals surface area contributed by atoms with Gasteiger partial charge in [-0.1, -0.05) is 23.0 Å². The number of esters is 1. The minimum absolute atomic E-state index is 0.0188. The molecule has 0 aliphatic carbocycles. The highest BCUT2D eigenvalue weighted by Crippen LogP contribution is 2.21. The Morgan fingerprint density at radius 1 is 1.50 bits per heavy atom. The molecule has 3 rings (SSSR count). The number of amides is 1. The smallest absolute Gasteiger partial charge is 0.308 e. The van der Waals surface area contributed by atoms with Gasteiger partial charge >= 0.3 is 5.97 Å². The highest BCUT2D eigenvalue weighted by Gasteiger charge is 2.21. The van der Waals surface area contributed by atoms with E-state index in [2.05, 4.69) is 10.1 Å². The molecule has 3 heterocycles. The third kappa shape index (κ3) is 3.66. The fraction of sp³-hybridized carbons (Fsp3) is 0.385. The molecular weight excluding hydrogens is 326 g/mol. The lowest BCUT2D eigenvalue weighted by molar-refractivity contribution is -0.145. The summed E-state index contributed by atoms with van der Waals surface area (Å²) in [4.78, 5) is 29.7. The van der Waals surface area contributed by atoms with Gasteiger partial charge in [-0.25, -0.2) is 0 Å². The zero-order chi connectivity index (χ0) is 15.4. The number of aromatic nitrogens is 2. The van der Waals surface area contributed by atoms with Gasteiger partial charge < -0.3 is 14.2 Å². The van der Waals surface area contributed by atoms with Crippen LogP contribution in [-0.2, 0) is 16.1 Å². The molecule has 1 aliphatic rings. The summed E-state index contributed by atoms with van der Waals surface area (Å²) in [6.45, 7) is 1.01. The van der Waals surface area contributed by atoms with Crippen LogP contribution in [0.4, 0.5) is 4.79 Å². The van der Waals surface area contributed by atoms with E-state index in [1.165, 1.54) is 23.1 Å². The first-order valence-electron chi connectivity index (χ1n) is 6.66. The minimum atomic E-state index is -0.388. The van der Waals surface area contributed by atoms with Crippen LogP contribution in [0.5, 0.6) is 0 Å². The van der Waals surface area contributed by atoms with Crippen molar-refractivity contribution >= 4 is 34.3 Å². The normalized spacial score (nSPS) is 14.5. The van der Waals surface area contributed by atoms with E-state index in [1.807, 2.05) is 17.5 Å². The Kier molecular flexibility index (Phi) is 4.74. The van der Waals surface area contributed by atoms with Gasteiger partial charge in [0.25, 0.3) is 11.1 Å². The maximum Gasteiger partial charge on any atom is 0.308 e. The van der Waals surface area contributed by atoms with Gasteiger partial charge in [0.2, 0.25) is 5.82 Å². The van der Waals surface area contributed by atoms with Crippen LogP contribution in [0.1, 0.15) is 12.3 Å². The fourth-order valence-electron chi connectivity index (χ4n) is 1.89. The first kappa shape index (κ1) is 15.0. The predicted octanol–water partition coefficient (Wildman–Crippen LogP) is 2.40. The number of hydrogen-bond donors (Lipinski definition) is 0. The van der Waals surface area contributed by atoms with Crippen molar-refractivity contribution in [3.63, 3.8) is 0 Å². The number of nitrogens with zero attached hydrogens (tertiary/aromatic N) is 3. The quantitative estimate of drug-likeness (QED) is 0.747. The molecule has 0 aromatic carbocycles. The largest absolute Gasteiger partial charge is 0.456 e. The Morgan fingerprint density at radius 2 is 2.41 bits per heavy atom. The molecule has 1 saturated heterocycles. The van der Waals surface area contributed by atoms with E-state index in [1.54, 1.807) is 4.90 Å². The lowest BCUT2D eigenvalue weighted by atomic mass is 10.4. The number of carbonyl (C=O) groups is 2. The number of hydrogen-bond acceptors (Lipinski definition) is 8. The van der Waals surface area contributed by atoms with Gasteiger partial charge in [-0.15, -0.1) is 11.3 Å². The van der Waals surface area contributed by atoms with Crippen LogP contribution in [0, 0.1) is 0 Å². The fourth-order valence-corrected chi connectivity index (χ4v) is 3.39. The number of thiophene rings is 1. The summed E-state index contributed by atoms with van der Waals surface area (Å²) in [5.74, 6) is 1.13. The molecule has 116 valence electrons. The van der Waals surface area contributed by atoms with Crippen LogP contribution in [0.2, 0.25) is 0 Å². The topological polar surface area (TPSA) is 85.5 Å². The number of carbonyl (C=O) groups excluding carboxylic acids is 2. The summed E-state index contributed by atoms with van der Waals surface area (Å²) in [6, 6.07) is 3.78. The summed E-state index contributed by atoms with van der Waals surface area (Å²) < 4.78 is 10.1. The number of ether oxygens (including phenoxy) is 1. The van der Waals surface area contributed by atoms with E-state index in [0.717, 1.165) is 10.6 Å². The van der Waals surface area contributed by atoms with Crippen LogP contribution < -0.4 is 0 Å². The van der Waals surface area contributed by atoms with Crippen LogP contribution >= 0.6 is 23.1 Å². The van der Waals surface area contributed by atoms with Crippen molar-refractivity contribution in [1.82, 2.24) is 15.0 Å². The van der Waals surface area contributed by atoms with Gasteiger partial charge in [-0.05, 0) is 11.4 Å². The monoisotopic (exact) mass is 339 g/mol. The van der Waals surface area contributed by atoms with Crippen LogP contribution in [0.15, 0.2) is 22.0 Å². The molecule has 0 spiro atoms. The Bertz CT molecular complexity index is 656. The standard InChI is InChI=1S/C13H13N3O4S2/c17-11(3-4-16-5-7-22-13(16)18)19-8-10-14-12(15-20-10)9-2-1-6-21-9/h1-2,6H,3-5,7-8H2. The first-order valence-corrected chi connectivity index (χ1v) is 8.52. The molecule has 1 fully saturated rings. The molecule has 0 unspecified atom stereocenters. The maximum absolute atomic E-state index is 11.7. The molecule has 2 aromatic heterocycles. The predicted molar refractivity (Wildman–Crippen MR) is 81.5 cm³/mol. The van der Waals surface area contributed by atoms with Crippen LogP contribution in [0.3, 0.4) is 0 Å². The number of rotatable bonds is 6. The Morgan fingerprint density at radius 3 is 3.14 bits per heavy atom. The molecule has 0 bridgehead atoms. The van der Waals surface area contributed by atoms with Crippen molar-refractivity contribution < 1.29 is 18.8 Å². The van der Waals surface area contributed by atoms with Gasteiger partial charge in [-0.2, -0.15) is 4.98 Å². The summed E-state index contributed by atoms with van der Waals surface area (Å²) in [5.41, 5.74) is 0. The average Bonchev–Trinajstić information content (AvgIpc) is 3.24. The van der Waals surface area contributed by atoms with Gasteiger partial charge in [0.05, 0.1) is 11.3 Å². The van der Waals surface area contributed by atoms with Crippen molar-refractivity contribution in [2.45, 2.75) is 13.0 Å². The highest BCUT2D eigenvalue weighted by atomic mass is 32.2. The summed E-state index contributed by atoms with van der Waals surface area (Å²) in [7, 11) is 0. The summed E-state index contributed by atoms with van der Waals surface area (Å²) in [6.07, 6.45) is 0.165. The lowest BCUT2D eigenvalue weighted by Gasteiger charge is -2.13. The Labute approximate surface area is 134 Å².